The van der Waals surface area contributed by atoms with E-state index in [2.05, 4.69) is 81.6 Å². The summed E-state index contributed by atoms with van der Waals surface area (Å²) in [5.41, 5.74) is 2.90. The van der Waals surface area contributed by atoms with E-state index in [0.717, 1.165) is 43.6 Å². The third kappa shape index (κ3) is 4.23. The van der Waals surface area contributed by atoms with Crippen molar-refractivity contribution in [1.82, 2.24) is 0 Å². The van der Waals surface area contributed by atoms with Crippen molar-refractivity contribution in [2.24, 2.45) is 22.7 Å². The first kappa shape index (κ1) is 28.2. The molecule has 4 aliphatic carbocycles. The normalized spacial score (nSPS) is 33.8. The van der Waals surface area contributed by atoms with Gasteiger partial charge in [-0.25, -0.2) is 0 Å². The predicted molar refractivity (Wildman–Crippen MR) is 156 cm³/mol. The molecular formula is C31H54O3Si2. The summed E-state index contributed by atoms with van der Waals surface area (Å²) in [4.78, 5) is 13.3. The Labute approximate surface area is 224 Å². The molecule has 204 valence electrons. The number of Topliss-reactive ketones (excluding diaryl/α,β-unsaturated/α-hetero) is 1. The molecule has 0 aromatic rings. The van der Waals surface area contributed by atoms with Gasteiger partial charge in [-0.2, -0.15) is 0 Å². The van der Waals surface area contributed by atoms with E-state index >= 15 is 0 Å². The van der Waals surface area contributed by atoms with E-state index in [4.69, 9.17) is 8.85 Å². The zero-order valence-corrected chi connectivity index (χ0v) is 27.5. The Kier molecular flexibility index (Phi) is 6.73. The molecule has 0 aromatic heterocycles. The van der Waals surface area contributed by atoms with E-state index < -0.39 is 16.6 Å². The Hall–Kier alpha value is -0.816. The van der Waals surface area contributed by atoms with Crippen LogP contribution >= 0.6 is 0 Å². The topological polar surface area (TPSA) is 35.5 Å². The van der Waals surface area contributed by atoms with E-state index in [1.165, 1.54) is 30.4 Å². The largest absolute Gasteiger partial charge is 0.541 e. The van der Waals surface area contributed by atoms with Crippen molar-refractivity contribution in [3.05, 3.63) is 22.7 Å². The number of hydrogen-bond donors (Lipinski definition) is 0. The monoisotopic (exact) mass is 530 g/mol. The number of hydrogen-bond acceptors (Lipinski definition) is 3. The Balaban J connectivity index is 2.00. The van der Waals surface area contributed by atoms with E-state index in [-0.39, 0.29) is 20.9 Å². The van der Waals surface area contributed by atoms with Crippen LogP contribution in [0.3, 0.4) is 0 Å². The second-order valence-electron chi connectivity index (χ2n) is 16.0. The minimum Gasteiger partial charge on any atom is -0.541 e. The Morgan fingerprint density at radius 2 is 1.25 bits per heavy atom. The SMILES string of the molecule is CC(C)(C)[Si](C)(C)OC1=C2[C@H](CC[C@]3(C)C(=O)CC[C@@H]23)[C@@]2(C)CCCCC2=C1O[Si](C)(C)C(C)(C)C. The first-order chi connectivity index (χ1) is 16.3. The number of fused-ring (bicyclic) bond motifs is 5. The van der Waals surface area contributed by atoms with Crippen molar-refractivity contribution < 1.29 is 13.6 Å². The number of rotatable bonds is 4. The Morgan fingerprint density at radius 3 is 1.81 bits per heavy atom. The number of allylic oxidation sites excluding steroid dienone is 2. The summed E-state index contributed by atoms with van der Waals surface area (Å²) in [5, 5.41) is 0.208. The van der Waals surface area contributed by atoms with Crippen LogP contribution in [0.15, 0.2) is 22.7 Å². The van der Waals surface area contributed by atoms with Crippen molar-refractivity contribution in [2.45, 2.75) is 143 Å². The highest BCUT2D eigenvalue weighted by Crippen LogP contribution is 2.65. The zero-order valence-electron chi connectivity index (χ0n) is 25.5. The maximum absolute atomic E-state index is 13.3. The van der Waals surface area contributed by atoms with Gasteiger partial charge in [0.15, 0.2) is 0 Å². The van der Waals surface area contributed by atoms with Crippen LogP contribution in [0.5, 0.6) is 0 Å². The van der Waals surface area contributed by atoms with Gasteiger partial charge in [-0.1, -0.05) is 61.8 Å². The molecule has 3 fully saturated rings. The summed E-state index contributed by atoms with van der Waals surface area (Å²) in [6, 6.07) is 0. The fourth-order valence-electron chi connectivity index (χ4n) is 6.99. The molecule has 4 rings (SSSR count). The van der Waals surface area contributed by atoms with Gasteiger partial charge in [-0.05, 0) is 103 Å². The molecule has 4 aliphatic rings. The second-order valence-corrected chi connectivity index (χ2v) is 25.4. The van der Waals surface area contributed by atoms with Crippen molar-refractivity contribution in [3.8, 4) is 0 Å². The van der Waals surface area contributed by atoms with E-state index in [0.29, 0.717) is 17.6 Å². The van der Waals surface area contributed by atoms with E-state index in [9.17, 15) is 4.79 Å². The lowest BCUT2D eigenvalue weighted by Crippen LogP contribution is -2.50. The van der Waals surface area contributed by atoms with Crippen LogP contribution in [0.25, 0.3) is 0 Å². The standard InChI is InChI=1S/C31H54O3Si2/c1-28(2,3)35(9,10)33-26-23-15-13-14-19-30(23,7)22-18-20-31(8)21(16-17-24(31)32)25(22)27(26)34-36(11,12)29(4,5)6/h21-22H,13-20H2,1-12H3/t21-,22-,30+,31-/m0/s1. The van der Waals surface area contributed by atoms with Crippen LogP contribution in [0, 0.1) is 22.7 Å². The lowest BCUT2D eigenvalue weighted by Gasteiger charge is -2.56. The average molecular weight is 531 g/mol. The van der Waals surface area contributed by atoms with Crippen LogP contribution in [0.1, 0.15) is 107 Å². The quantitative estimate of drug-likeness (QED) is 0.339. The molecule has 0 amide bonds. The lowest BCUT2D eigenvalue weighted by molar-refractivity contribution is -0.127. The fourth-order valence-corrected chi connectivity index (χ4v) is 9.05. The highest BCUT2D eigenvalue weighted by molar-refractivity contribution is 6.75. The fraction of sp³-hybridized carbons (Fsp3) is 0.839. The van der Waals surface area contributed by atoms with Crippen molar-refractivity contribution in [2.75, 3.05) is 0 Å². The molecule has 36 heavy (non-hydrogen) atoms. The van der Waals surface area contributed by atoms with Crippen LogP contribution in [-0.4, -0.2) is 22.4 Å². The molecule has 0 aliphatic heterocycles. The Bertz CT molecular complexity index is 990. The molecule has 4 atom stereocenters. The van der Waals surface area contributed by atoms with Gasteiger partial charge < -0.3 is 8.85 Å². The van der Waals surface area contributed by atoms with Crippen LogP contribution in [0.4, 0.5) is 0 Å². The second kappa shape index (κ2) is 8.59. The first-order valence-corrected chi connectivity index (χ1v) is 20.5. The van der Waals surface area contributed by atoms with Gasteiger partial charge in [0.25, 0.3) is 16.6 Å². The van der Waals surface area contributed by atoms with Crippen LogP contribution < -0.4 is 0 Å². The maximum atomic E-state index is 13.3. The highest BCUT2D eigenvalue weighted by Gasteiger charge is 2.60. The minimum atomic E-state index is -2.14. The number of carbonyl (C=O) groups excluding carboxylic acids is 1. The average Bonchev–Trinajstić information content (AvgIpc) is 3.03. The van der Waals surface area contributed by atoms with E-state index in [1.807, 2.05) is 0 Å². The van der Waals surface area contributed by atoms with Gasteiger partial charge >= 0.3 is 0 Å². The summed E-state index contributed by atoms with van der Waals surface area (Å²) < 4.78 is 14.8. The van der Waals surface area contributed by atoms with Crippen LogP contribution in [0.2, 0.25) is 36.3 Å². The first-order valence-electron chi connectivity index (χ1n) is 14.7. The third-order valence-electron chi connectivity index (χ3n) is 11.7. The van der Waals surface area contributed by atoms with Crippen LogP contribution in [-0.2, 0) is 13.6 Å². The Morgan fingerprint density at radius 1 is 0.722 bits per heavy atom. The van der Waals surface area contributed by atoms with Crippen molar-refractivity contribution in [1.29, 1.82) is 0 Å². The molecular weight excluding hydrogens is 477 g/mol. The molecule has 0 unspecified atom stereocenters. The van der Waals surface area contributed by atoms with Gasteiger partial charge in [0.05, 0.1) is 0 Å². The number of carbonyl (C=O) groups is 1. The molecule has 0 spiro atoms. The van der Waals surface area contributed by atoms with Crippen molar-refractivity contribution >= 4 is 22.4 Å². The summed E-state index contributed by atoms with van der Waals surface area (Å²) >= 11 is 0. The smallest absolute Gasteiger partial charge is 0.250 e. The molecule has 3 nitrogen and oxygen atoms in total. The van der Waals surface area contributed by atoms with Gasteiger partial charge in [0, 0.05) is 11.8 Å². The summed E-state index contributed by atoms with van der Waals surface area (Å²) in [7, 11) is -4.25. The van der Waals surface area contributed by atoms with Gasteiger partial charge in [0.1, 0.15) is 17.3 Å². The molecule has 3 saturated carbocycles. The summed E-state index contributed by atoms with van der Waals surface area (Å²) in [6.45, 7) is 28.3. The molecule has 0 saturated heterocycles. The van der Waals surface area contributed by atoms with Crippen molar-refractivity contribution in [3.63, 3.8) is 0 Å². The number of ketones is 1. The molecule has 0 radical (unpaired) electrons. The third-order valence-corrected chi connectivity index (χ3v) is 20.3. The molecule has 0 N–H and O–H groups in total. The van der Waals surface area contributed by atoms with Gasteiger partial charge in [0.2, 0.25) is 0 Å². The molecule has 0 heterocycles. The molecule has 0 aromatic carbocycles. The summed E-state index contributed by atoms with van der Waals surface area (Å²) in [6.07, 6.45) is 8.70. The van der Waals surface area contributed by atoms with Gasteiger partial charge in [-0.3, -0.25) is 4.79 Å². The molecule has 5 heteroatoms. The molecule has 0 bridgehead atoms. The maximum Gasteiger partial charge on any atom is 0.250 e. The predicted octanol–water partition coefficient (Wildman–Crippen LogP) is 9.53. The lowest BCUT2D eigenvalue weighted by atomic mass is 9.51. The van der Waals surface area contributed by atoms with Gasteiger partial charge in [-0.15, -0.1) is 0 Å². The van der Waals surface area contributed by atoms with E-state index in [1.54, 1.807) is 0 Å². The highest BCUT2D eigenvalue weighted by atomic mass is 28.4. The zero-order chi connectivity index (χ0) is 27.1. The minimum absolute atomic E-state index is 0.0968. The summed E-state index contributed by atoms with van der Waals surface area (Å²) in [5.74, 6) is 3.45.